The van der Waals surface area contributed by atoms with Gasteiger partial charge in [-0.3, -0.25) is 5.92 Å². The van der Waals surface area contributed by atoms with E-state index >= 15 is 0 Å². The van der Waals surface area contributed by atoms with Gasteiger partial charge >= 0.3 is 5.69 Å². The molecule has 20 heavy (non-hydrogen) atoms. The molecule has 1 aromatic rings. The van der Waals surface area contributed by atoms with E-state index in [-0.39, 0.29) is 56.6 Å². The van der Waals surface area contributed by atoms with Crippen molar-refractivity contribution in [2.75, 3.05) is 26.1 Å². The number of rotatable bonds is 4. The van der Waals surface area contributed by atoms with Gasteiger partial charge in [-0.2, -0.15) is 11.9 Å². The Morgan fingerprint density at radius 2 is 2.30 bits per heavy atom. The zero-order chi connectivity index (χ0) is 14.0. The van der Waals surface area contributed by atoms with Crippen molar-refractivity contribution in [3.63, 3.8) is 0 Å². The number of methoxy groups -OCH3 is 1. The van der Waals surface area contributed by atoms with E-state index in [4.69, 9.17) is 9.47 Å². The molecular weight excluding hydrogens is 335 g/mol. The van der Waals surface area contributed by atoms with Gasteiger partial charge in [-0.25, -0.2) is 4.79 Å². The summed E-state index contributed by atoms with van der Waals surface area (Å²) in [7, 11) is 3.38. The van der Waals surface area contributed by atoms with Gasteiger partial charge in [-0.1, -0.05) is 6.92 Å². The number of hydrogen-bond donors (Lipinski definition) is 1. The maximum absolute atomic E-state index is 12.0. The first-order chi connectivity index (χ1) is 9.08. The first-order valence-corrected chi connectivity index (χ1v) is 6.33. The van der Waals surface area contributed by atoms with Gasteiger partial charge in [0.1, 0.15) is 5.82 Å². The van der Waals surface area contributed by atoms with Gasteiger partial charge in [0.2, 0.25) is 0 Å². The van der Waals surface area contributed by atoms with Gasteiger partial charge in [-0.15, -0.1) is 5.92 Å². The normalized spacial score (nSPS) is 26.3. The molecule has 1 aliphatic heterocycles. The number of nitrogens with one attached hydrogen (secondary N) is 1. The van der Waals surface area contributed by atoms with Crippen LogP contribution < -0.4 is 11.0 Å². The first-order valence-electron chi connectivity index (χ1n) is 6.33. The van der Waals surface area contributed by atoms with Crippen LogP contribution in [-0.4, -0.2) is 36.4 Å². The Morgan fingerprint density at radius 3 is 2.85 bits per heavy atom. The van der Waals surface area contributed by atoms with E-state index < -0.39 is 0 Å². The summed E-state index contributed by atoms with van der Waals surface area (Å²) in [6.07, 6.45) is 1.32. The second-order valence-electron chi connectivity index (χ2n) is 4.77. The molecule has 2 heterocycles. The molecule has 109 valence electrons. The van der Waals surface area contributed by atoms with Crippen LogP contribution in [0.25, 0.3) is 0 Å². The molecule has 6 nitrogen and oxygen atoms in total. The molecule has 0 aromatic carbocycles. The maximum atomic E-state index is 12.0. The van der Waals surface area contributed by atoms with Crippen LogP contribution in [0, 0.1) is 11.8 Å². The minimum atomic E-state index is -0.360. The Balaban J connectivity index is 0.00000200. The third kappa shape index (κ3) is 3.47. The average Bonchev–Trinajstić information content (AvgIpc) is 2.67. The van der Waals surface area contributed by atoms with Crippen LogP contribution in [0.1, 0.15) is 20.1 Å². The van der Waals surface area contributed by atoms with E-state index in [1.165, 1.54) is 4.57 Å². The Hall–Kier alpha value is -0.296. The number of aromatic nitrogens is 2. The summed E-state index contributed by atoms with van der Waals surface area (Å²) in [6.45, 7) is 4.61. The fraction of sp³-hybridized carbons (Fsp3) is 0.615. The monoisotopic (exact) mass is 355 g/mol. The van der Waals surface area contributed by atoms with Crippen LogP contribution in [0.4, 0.5) is 5.82 Å². The Bertz CT molecular complexity index is 494. The van der Waals surface area contributed by atoms with E-state index in [9.17, 15) is 4.79 Å². The molecule has 1 saturated heterocycles. The van der Waals surface area contributed by atoms with Gasteiger partial charge in [0.05, 0.1) is 12.7 Å². The zero-order valence-electron chi connectivity index (χ0n) is 12.3. The molecule has 3 atom stereocenters. The van der Waals surface area contributed by atoms with Crippen LogP contribution in [0.2, 0.25) is 0 Å². The molecule has 1 radical (unpaired) electrons. The Labute approximate surface area is 144 Å². The molecule has 0 saturated carbocycles. The average molecular weight is 355 g/mol. The van der Waals surface area contributed by atoms with Crippen molar-refractivity contribution in [1.29, 1.82) is 0 Å². The van der Waals surface area contributed by atoms with E-state index in [2.05, 4.69) is 17.2 Å². The molecular formula is C13H20N3O3Y-. The predicted octanol–water partition coefficient (Wildman–Crippen LogP) is 1.06. The van der Waals surface area contributed by atoms with Crippen molar-refractivity contribution in [2.45, 2.75) is 26.2 Å². The molecule has 7 heteroatoms. The van der Waals surface area contributed by atoms with Crippen molar-refractivity contribution in [3.05, 3.63) is 28.7 Å². The summed E-state index contributed by atoms with van der Waals surface area (Å²) in [5, 5.41) is 2.84. The molecule has 0 amide bonds. The Kier molecular flexibility index (Phi) is 6.78. The molecule has 1 N–H and O–H groups in total. The van der Waals surface area contributed by atoms with Crippen molar-refractivity contribution in [3.8, 4) is 0 Å². The molecule has 1 aromatic heterocycles. The second-order valence-corrected chi connectivity index (χ2v) is 4.77. The van der Waals surface area contributed by atoms with Crippen molar-refractivity contribution in [2.24, 2.45) is 5.92 Å². The van der Waals surface area contributed by atoms with Crippen molar-refractivity contribution >= 4 is 5.82 Å². The first kappa shape index (κ1) is 17.8. The van der Waals surface area contributed by atoms with Gasteiger partial charge < -0.3 is 19.4 Å². The summed E-state index contributed by atoms with van der Waals surface area (Å²) >= 11 is 0. The predicted molar refractivity (Wildman–Crippen MR) is 71.9 cm³/mol. The Morgan fingerprint density at radius 1 is 1.60 bits per heavy atom. The minimum absolute atomic E-state index is 0. The zero-order valence-corrected chi connectivity index (χ0v) is 15.1. The molecule has 1 aliphatic rings. The quantitative estimate of drug-likeness (QED) is 0.819. The van der Waals surface area contributed by atoms with Crippen LogP contribution in [0.5, 0.6) is 0 Å². The van der Waals surface area contributed by atoms with Gasteiger partial charge in [0.15, 0.2) is 0 Å². The van der Waals surface area contributed by atoms with E-state index in [0.29, 0.717) is 12.4 Å². The van der Waals surface area contributed by atoms with Gasteiger partial charge in [0, 0.05) is 59.3 Å². The fourth-order valence-electron chi connectivity index (χ4n) is 2.27. The standard InChI is InChI=1S/C13H20N3O3.Y/c1-8-9(2)12(19-10(8)7-18-4)16-6-5-11(14-3)15-13(16)17;/h5-6,8,10,12H,7H2,1-4H3,(H,14,15,17);/q-1;/t8-,10+,12+;/m0./s1. The summed E-state index contributed by atoms with van der Waals surface area (Å²) in [6, 6.07) is 1.76. The molecule has 2 rings (SSSR count). The minimum Gasteiger partial charge on any atom is -0.386 e. The summed E-state index contributed by atoms with van der Waals surface area (Å²) in [4.78, 5) is 15.9. The van der Waals surface area contributed by atoms with Crippen LogP contribution in [0.3, 0.4) is 0 Å². The van der Waals surface area contributed by atoms with Gasteiger partial charge in [-0.05, 0) is 6.07 Å². The molecule has 0 bridgehead atoms. The molecule has 1 fully saturated rings. The number of hydrogen-bond acceptors (Lipinski definition) is 5. The maximum Gasteiger partial charge on any atom is 0.349 e. The largest absolute Gasteiger partial charge is 0.386 e. The van der Waals surface area contributed by atoms with Crippen LogP contribution >= 0.6 is 0 Å². The van der Waals surface area contributed by atoms with Crippen LogP contribution in [0.15, 0.2) is 17.1 Å². The smallest absolute Gasteiger partial charge is 0.349 e. The van der Waals surface area contributed by atoms with Crippen LogP contribution in [-0.2, 0) is 42.2 Å². The third-order valence-corrected chi connectivity index (χ3v) is 3.64. The van der Waals surface area contributed by atoms with Crippen molar-refractivity contribution < 1.29 is 42.2 Å². The third-order valence-electron chi connectivity index (χ3n) is 3.64. The number of anilines is 1. The number of nitrogens with zero attached hydrogens (tertiary/aromatic N) is 2. The molecule has 0 aliphatic carbocycles. The molecule has 0 spiro atoms. The SMILES string of the molecule is CNc1ccn([C@@H]2O[C@H](COC)[C@@H](C)[C-]2C)c(=O)n1.[Y]. The summed E-state index contributed by atoms with van der Waals surface area (Å²) in [5.74, 6) is 1.92. The summed E-state index contributed by atoms with van der Waals surface area (Å²) < 4.78 is 12.6. The van der Waals surface area contributed by atoms with Crippen molar-refractivity contribution in [1.82, 2.24) is 9.55 Å². The van der Waals surface area contributed by atoms with E-state index in [0.717, 1.165) is 5.92 Å². The number of ether oxygens (including phenoxy) is 2. The topological polar surface area (TPSA) is 65.4 Å². The van der Waals surface area contributed by atoms with Gasteiger partial charge in [0.25, 0.3) is 0 Å². The second kappa shape index (κ2) is 7.64. The fourth-order valence-corrected chi connectivity index (χ4v) is 2.27. The van der Waals surface area contributed by atoms with E-state index in [1.54, 1.807) is 26.4 Å². The summed E-state index contributed by atoms with van der Waals surface area (Å²) in [5.41, 5.74) is -0.318. The molecule has 0 unspecified atom stereocenters. The van der Waals surface area contributed by atoms with E-state index in [1.807, 2.05) is 6.92 Å².